The quantitative estimate of drug-likeness (QED) is 0.841. The molecule has 0 heterocycles. The molecule has 0 aliphatic heterocycles. The molecule has 0 bridgehead atoms. The van der Waals surface area contributed by atoms with Gasteiger partial charge in [0, 0.05) is 19.6 Å². The maximum Gasteiger partial charge on any atom is 0.305 e. The van der Waals surface area contributed by atoms with E-state index in [9.17, 15) is 4.79 Å². The summed E-state index contributed by atoms with van der Waals surface area (Å²) in [5.41, 5.74) is 0.703. The van der Waals surface area contributed by atoms with Gasteiger partial charge in [-0.3, -0.25) is 4.79 Å². The average molecular weight is 305 g/mol. The molecule has 0 aliphatic carbocycles. The fourth-order valence-electron chi connectivity index (χ4n) is 1.68. The SMILES string of the molecule is CN(C)CCN(CCC(=O)O)c1c(Cl)cccc1Cl. The van der Waals surface area contributed by atoms with Crippen molar-refractivity contribution in [3.05, 3.63) is 28.2 Å². The highest BCUT2D eigenvalue weighted by Gasteiger charge is 2.15. The summed E-state index contributed by atoms with van der Waals surface area (Å²) < 4.78 is 0. The average Bonchev–Trinajstić information content (AvgIpc) is 2.30. The van der Waals surface area contributed by atoms with E-state index in [1.807, 2.05) is 23.9 Å². The second-order valence-electron chi connectivity index (χ2n) is 4.50. The van der Waals surface area contributed by atoms with Crippen molar-refractivity contribution in [1.82, 2.24) is 4.90 Å². The minimum absolute atomic E-state index is 0.0506. The van der Waals surface area contributed by atoms with Gasteiger partial charge in [-0.15, -0.1) is 0 Å². The fourth-order valence-corrected chi connectivity index (χ4v) is 2.31. The molecule has 4 nitrogen and oxygen atoms in total. The summed E-state index contributed by atoms with van der Waals surface area (Å²) >= 11 is 12.3. The summed E-state index contributed by atoms with van der Waals surface area (Å²) in [6, 6.07) is 5.29. The van der Waals surface area contributed by atoms with Crippen molar-refractivity contribution in [2.45, 2.75) is 6.42 Å². The number of carboxylic acid groups (broad SMARTS) is 1. The lowest BCUT2D eigenvalue weighted by Crippen LogP contribution is -2.33. The number of carbonyl (C=O) groups is 1. The summed E-state index contributed by atoms with van der Waals surface area (Å²) in [4.78, 5) is 14.7. The van der Waals surface area contributed by atoms with E-state index in [4.69, 9.17) is 28.3 Å². The second kappa shape index (κ2) is 7.58. The smallest absolute Gasteiger partial charge is 0.305 e. The number of anilines is 1. The number of rotatable bonds is 7. The zero-order valence-electron chi connectivity index (χ0n) is 11.1. The van der Waals surface area contributed by atoms with Gasteiger partial charge in [0.2, 0.25) is 0 Å². The number of likely N-dealkylation sites (N-methyl/N-ethyl adjacent to an activating group) is 1. The van der Waals surface area contributed by atoms with E-state index in [0.29, 0.717) is 28.8 Å². The van der Waals surface area contributed by atoms with Crippen LogP contribution in [0.4, 0.5) is 5.69 Å². The van der Waals surface area contributed by atoms with Gasteiger partial charge in [-0.25, -0.2) is 0 Å². The summed E-state index contributed by atoms with van der Waals surface area (Å²) in [5.74, 6) is -0.835. The van der Waals surface area contributed by atoms with E-state index in [1.165, 1.54) is 0 Å². The van der Waals surface area contributed by atoms with Crippen molar-refractivity contribution < 1.29 is 9.90 Å². The van der Waals surface area contributed by atoms with Gasteiger partial charge < -0.3 is 14.9 Å². The zero-order chi connectivity index (χ0) is 14.4. The molecule has 0 atom stereocenters. The topological polar surface area (TPSA) is 43.8 Å². The molecule has 106 valence electrons. The molecule has 0 spiro atoms. The molecule has 0 saturated carbocycles. The Hall–Kier alpha value is -0.970. The van der Waals surface area contributed by atoms with Gasteiger partial charge in [0.1, 0.15) is 0 Å². The lowest BCUT2D eigenvalue weighted by Gasteiger charge is -2.27. The minimum atomic E-state index is -0.835. The molecule has 1 aromatic rings. The number of carboxylic acids is 1. The Morgan fingerprint density at radius 2 is 1.74 bits per heavy atom. The predicted molar refractivity (Wildman–Crippen MR) is 79.5 cm³/mol. The van der Waals surface area contributed by atoms with Crippen LogP contribution in [0.25, 0.3) is 0 Å². The van der Waals surface area contributed by atoms with Crippen LogP contribution in [-0.2, 0) is 4.79 Å². The van der Waals surface area contributed by atoms with Crippen LogP contribution < -0.4 is 4.90 Å². The van der Waals surface area contributed by atoms with Gasteiger partial charge in [0.05, 0.1) is 22.2 Å². The fraction of sp³-hybridized carbons (Fsp3) is 0.462. The Kier molecular flexibility index (Phi) is 6.42. The van der Waals surface area contributed by atoms with Crippen LogP contribution >= 0.6 is 23.2 Å². The van der Waals surface area contributed by atoms with E-state index in [1.54, 1.807) is 18.2 Å². The van der Waals surface area contributed by atoms with Crippen molar-refractivity contribution in [3.63, 3.8) is 0 Å². The lowest BCUT2D eigenvalue weighted by atomic mass is 10.2. The van der Waals surface area contributed by atoms with Gasteiger partial charge >= 0.3 is 5.97 Å². The van der Waals surface area contributed by atoms with Gasteiger partial charge in [0.25, 0.3) is 0 Å². The first-order chi connectivity index (χ1) is 8.91. The van der Waals surface area contributed by atoms with Gasteiger partial charge in [0.15, 0.2) is 0 Å². The number of halogens is 2. The first-order valence-corrected chi connectivity index (χ1v) is 6.73. The molecule has 19 heavy (non-hydrogen) atoms. The van der Waals surface area contributed by atoms with Crippen molar-refractivity contribution >= 4 is 34.9 Å². The highest BCUT2D eigenvalue weighted by molar-refractivity contribution is 6.39. The van der Waals surface area contributed by atoms with E-state index in [0.717, 1.165) is 6.54 Å². The van der Waals surface area contributed by atoms with Crippen LogP contribution in [0, 0.1) is 0 Å². The minimum Gasteiger partial charge on any atom is -0.481 e. The van der Waals surface area contributed by atoms with Gasteiger partial charge in [-0.1, -0.05) is 29.3 Å². The monoisotopic (exact) mass is 304 g/mol. The third-order valence-corrected chi connectivity index (χ3v) is 3.28. The maximum absolute atomic E-state index is 10.7. The molecule has 0 radical (unpaired) electrons. The normalized spacial score (nSPS) is 10.8. The number of para-hydroxylation sites is 1. The van der Waals surface area contributed by atoms with E-state index in [2.05, 4.69) is 0 Å². The maximum atomic E-state index is 10.7. The molecule has 0 amide bonds. The highest BCUT2D eigenvalue weighted by Crippen LogP contribution is 2.33. The predicted octanol–water partition coefficient (Wildman–Crippen LogP) is 2.84. The standard InChI is InChI=1S/C13H18Cl2N2O2/c1-16(2)8-9-17(7-6-12(18)19)13-10(14)4-3-5-11(13)15/h3-5H,6-9H2,1-2H3,(H,18,19). The number of benzene rings is 1. The van der Waals surface area contributed by atoms with Crippen molar-refractivity contribution in [2.75, 3.05) is 38.6 Å². The molecule has 1 N–H and O–H groups in total. The second-order valence-corrected chi connectivity index (χ2v) is 5.32. The zero-order valence-corrected chi connectivity index (χ0v) is 12.6. The molecular formula is C13H18Cl2N2O2. The van der Waals surface area contributed by atoms with Crippen molar-refractivity contribution in [1.29, 1.82) is 0 Å². The van der Waals surface area contributed by atoms with Crippen LogP contribution in [-0.4, -0.2) is 49.7 Å². The molecular weight excluding hydrogens is 287 g/mol. The molecule has 6 heteroatoms. The van der Waals surface area contributed by atoms with E-state index >= 15 is 0 Å². The van der Waals surface area contributed by atoms with Crippen molar-refractivity contribution in [2.24, 2.45) is 0 Å². The Morgan fingerprint density at radius 3 is 2.21 bits per heavy atom. The summed E-state index contributed by atoms with van der Waals surface area (Å²) in [7, 11) is 3.92. The number of aliphatic carboxylic acids is 1. The van der Waals surface area contributed by atoms with Crippen LogP contribution in [0.3, 0.4) is 0 Å². The molecule has 0 saturated heterocycles. The van der Waals surface area contributed by atoms with Crippen LogP contribution in [0.5, 0.6) is 0 Å². The Morgan fingerprint density at radius 1 is 1.16 bits per heavy atom. The summed E-state index contributed by atoms with van der Waals surface area (Å²) in [6.45, 7) is 1.84. The Balaban J connectivity index is 2.90. The first kappa shape index (κ1) is 16.1. The first-order valence-electron chi connectivity index (χ1n) is 5.97. The van der Waals surface area contributed by atoms with Gasteiger partial charge in [-0.2, -0.15) is 0 Å². The lowest BCUT2D eigenvalue weighted by molar-refractivity contribution is -0.136. The van der Waals surface area contributed by atoms with E-state index < -0.39 is 5.97 Å². The third kappa shape index (κ3) is 5.27. The largest absolute Gasteiger partial charge is 0.481 e. The number of hydrogen-bond donors (Lipinski definition) is 1. The molecule has 0 fully saturated rings. The summed E-state index contributed by atoms with van der Waals surface area (Å²) in [6.07, 6.45) is 0.0506. The summed E-state index contributed by atoms with van der Waals surface area (Å²) in [5, 5.41) is 9.90. The van der Waals surface area contributed by atoms with Crippen molar-refractivity contribution in [3.8, 4) is 0 Å². The Labute approximate surface area is 123 Å². The third-order valence-electron chi connectivity index (χ3n) is 2.67. The van der Waals surface area contributed by atoms with Crippen LogP contribution in [0.1, 0.15) is 6.42 Å². The van der Waals surface area contributed by atoms with Gasteiger partial charge in [-0.05, 0) is 26.2 Å². The number of hydrogen-bond acceptors (Lipinski definition) is 3. The molecule has 0 aliphatic rings. The van der Waals surface area contributed by atoms with E-state index in [-0.39, 0.29) is 6.42 Å². The molecule has 0 aromatic heterocycles. The van der Waals surface area contributed by atoms with Crippen LogP contribution in [0.15, 0.2) is 18.2 Å². The highest BCUT2D eigenvalue weighted by atomic mass is 35.5. The number of nitrogens with zero attached hydrogens (tertiary/aromatic N) is 2. The van der Waals surface area contributed by atoms with Crippen LogP contribution in [0.2, 0.25) is 10.0 Å². The molecule has 0 unspecified atom stereocenters. The molecule has 1 aromatic carbocycles. The molecule has 1 rings (SSSR count). The Bertz CT molecular complexity index is 418.